The summed E-state index contributed by atoms with van der Waals surface area (Å²) in [6, 6.07) is 0. The number of hydrogen-bond donors (Lipinski definition) is 1. The van der Waals surface area contributed by atoms with E-state index in [4.69, 9.17) is 9.90 Å². The first-order valence-electron chi connectivity index (χ1n) is 0.928. The normalized spacial score (nSPS) is 4.17. The average Bonchev–Trinajstić information content (AvgIpc) is 0.811. The van der Waals surface area contributed by atoms with Crippen molar-refractivity contribution in [3.8, 4) is 0 Å². The second kappa shape index (κ2) is 9.64. The third-order valence-corrected chi connectivity index (χ3v) is 0. The molecule has 1 N–H and O–H groups in total. The Balaban J connectivity index is -0.0000000450. The number of aliphatic carboxylic acids is 1. The molecule has 0 aliphatic rings. The number of hydrogen-bond acceptors (Lipinski definition) is 1. The Morgan fingerprint density at radius 1 is 1.67 bits per heavy atom. The van der Waals surface area contributed by atoms with Crippen LogP contribution in [-0.2, 0) is 4.79 Å². The number of rotatable bonds is 0. The molecule has 0 bridgehead atoms. The maximum absolute atomic E-state index is 9.00. The Hall–Kier alpha value is 1.40. The molecule has 0 atom stereocenters. The van der Waals surface area contributed by atoms with Gasteiger partial charge in [0, 0.05) is 6.92 Å². The molecule has 0 spiro atoms. The van der Waals surface area contributed by atoms with Gasteiger partial charge in [0.25, 0.3) is 5.97 Å². The van der Waals surface area contributed by atoms with E-state index in [1.54, 1.807) is 0 Å². The first kappa shape index (κ1) is 15.7. The predicted octanol–water partition coefficient (Wildman–Crippen LogP) is -0.136. The van der Waals surface area contributed by atoms with Gasteiger partial charge in [0.1, 0.15) is 0 Å². The molecule has 0 unspecified atom stereocenters. The summed E-state index contributed by atoms with van der Waals surface area (Å²) in [4.78, 5) is 9.00. The Morgan fingerprint density at radius 2 is 1.67 bits per heavy atom. The zero-order valence-corrected chi connectivity index (χ0v) is 3.58. The number of carboxylic acid groups (broad SMARTS) is 1. The monoisotopic (exact) mass is 136 g/mol. The van der Waals surface area contributed by atoms with Crippen LogP contribution in [-0.4, -0.2) is 62.5 Å². The SMILES string of the molecule is CC(=O)O.Cl.[KH]. The van der Waals surface area contributed by atoms with Crippen molar-refractivity contribution in [3.63, 3.8) is 0 Å². The molecule has 2 nitrogen and oxygen atoms in total. The van der Waals surface area contributed by atoms with E-state index in [2.05, 4.69) is 0 Å². The maximum atomic E-state index is 9.00. The van der Waals surface area contributed by atoms with Crippen LogP contribution < -0.4 is 0 Å². The average molecular weight is 137 g/mol. The van der Waals surface area contributed by atoms with Gasteiger partial charge in [0.05, 0.1) is 0 Å². The van der Waals surface area contributed by atoms with Gasteiger partial charge in [-0.2, -0.15) is 0 Å². The summed E-state index contributed by atoms with van der Waals surface area (Å²) in [7, 11) is 0. The van der Waals surface area contributed by atoms with E-state index in [0.717, 1.165) is 6.92 Å². The molecule has 0 radical (unpaired) electrons. The van der Waals surface area contributed by atoms with Crippen molar-refractivity contribution in [2.24, 2.45) is 0 Å². The van der Waals surface area contributed by atoms with Crippen molar-refractivity contribution >= 4 is 69.8 Å². The first-order valence-corrected chi connectivity index (χ1v) is 0.928. The van der Waals surface area contributed by atoms with Gasteiger partial charge in [-0.1, -0.05) is 0 Å². The van der Waals surface area contributed by atoms with Crippen molar-refractivity contribution < 1.29 is 9.90 Å². The molecular weight excluding hydrogens is 131 g/mol. The Labute approximate surface area is 85.1 Å². The third-order valence-electron chi connectivity index (χ3n) is 0. The van der Waals surface area contributed by atoms with Crippen LogP contribution in [0.1, 0.15) is 6.92 Å². The van der Waals surface area contributed by atoms with E-state index < -0.39 is 5.97 Å². The van der Waals surface area contributed by atoms with Gasteiger partial charge in [-0.05, 0) is 0 Å². The second-order valence-corrected chi connectivity index (χ2v) is 0.519. The number of halogens is 1. The fraction of sp³-hybridized carbons (Fsp3) is 0.500. The van der Waals surface area contributed by atoms with E-state index in [0.29, 0.717) is 0 Å². The third kappa shape index (κ3) is 53.5. The molecule has 34 valence electrons. The van der Waals surface area contributed by atoms with E-state index in [-0.39, 0.29) is 63.8 Å². The van der Waals surface area contributed by atoms with Crippen molar-refractivity contribution in [3.05, 3.63) is 0 Å². The van der Waals surface area contributed by atoms with E-state index in [1.165, 1.54) is 0 Å². The molecule has 6 heavy (non-hydrogen) atoms. The van der Waals surface area contributed by atoms with Crippen LogP contribution in [0.5, 0.6) is 0 Å². The molecule has 0 aliphatic heterocycles. The molecule has 0 rings (SSSR count). The molecule has 0 saturated carbocycles. The second-order valence-electron chi connectivity index (χ2n) is 0.519. The van der Waals surface area contributed by atoms with Crippen molar-refractivity contribution in [2.75, 3.05) is 0 Å². The van der Waals surface area contributed by atoms with Crippen LogP contribution in [0.15, 0.2) is 0 Å². The van der Waals surface area contributed by atoms with Crippen LogP contribution >= 0.6 is 12.4 Å². The molecule has 0 fully saturated rings. The molecule has 0 aromatic rings. The molecule has 0 amide bonds. The fourth-order valence-electron chi connectivity index (χ4n) is 0. The number of carbonyl (C=O) groups is 1. The van der Waals surface area contributed by atoms with Gasteiger partial charge in [-0.15, -0.1) is 12.4 Å². The van der Waals surface area contributed by atoms with Crippen LogP contribution in [0, 0.1) is 0 Å². The van der Waals surface area contributed by atoms with Crippen molar-refractivity contribution in [1.29, 1.82) is 0 Å². The van der Waals surface area contributed by atoms with E-state index >= 15 is 0 Å². The Morgan fingerprint density at radius 3 is 1.67 bits per heavy atom. The van der Waals surface area contributed by atoms with Gasteiger partial charge < -0.3 is 5.11 Å². The van der Waals surface area contributed by atoms with Gasteiger partial charge in [-0.3, -0.25) is 4.79 Å². The summed E-state index contributed by atoms with van der Waals surface area (Å²) in [5.41, 5.74) is 0. The molecule has 0 saturated heterocycles. The van der Waals surface area contributed by atoms with Crippen LogP contribution in [0.25, 0.3) is 0 Å². The van der Waals surface area contributed by atoms with Crippen LogP contribution in [0.2, 0.25) is 0 Å². The molecular formula is C2H6ClKO2. The Kier molecular flexibility index (Phi) is 25.1. The molecule has 0 aromatic carbocycles. The predicted molar refractivity (Wildman–Crippen MR) is 27.7 cm³/mol. The van der Waals surface area contributed by atoms with E-state index in [9.17, 15) is 0 Å². The summed E-state index contributed by atoms with van der Waals surface area (Å²) in [5.74, 6) is -0.833. The fourth-order valence-corrected chi connectivity index (χ4v) is 0. The summed E-state index contributed by atoms with van der Waals surface area (Å²) in [6.07, 6.45) is 0. The van der Waals surface area contributed by atoms with Crippen molar-refractivity contribution in [1.82, 2.24) is 0 Å². The first-order chi connectivity index (χ1) is 1.73. The Bertz CT molecular complexity index is 34.5. The standard InChI is InChI=1S/C2H4O2.ClH.K.H/c1-2(3)4;;;/h1H3,(H,3,4);1H;;. The molecule has 0 heterocycles. The van der Waals surface area contributed by atoms with Crippen LogP contribution in [0.3, 0.4) is 0 Å². The van der Waals surface area contributed by atoms with Crippen molar-refractivity contribution in [2.45, 2.75) is 6.92 Å². The van der Waals surface area contributed by atoms with Gasteiger partial charge in [0.15, 0.2) is 0 Å². The zero-order chi connectivity index (χ0) is 3.58. The summed E-state index contributed by atoms with van der Waals surface area (Å²) >= 11 is 0. The van der Waals surface area contributed by atoms with E-state index in [1.807, 2.05) is 0 Å². The molecule has 0 aliphatic carbocycles. The van der Waals surface area contributed by atoms with Gasteiger partial charge in [-0.25, -0.2) is 0 Å². The summed E-state index contributed by atoms with van der Waals surface area (Å²) in [5, 5.41) is 7.42. The minimum absolute atomic E-state index is 0. The molecule has 4 heteroatoms. The van der Waals surface area contributed by atoms with Gasteiger partial charge >= 0.3 is 51.4 Å². The number of carboxylic acids is 1. The minimum atomic E-state index is -0.833. The van der Waals surface area contributed by atoms with Crippen LogP contribution in [0.4, 0.5) is 0 Å². The quantitative estimate of drug-likeness (QED) is 0.471. The summed E-state index contributed by atoms with van der Waals surface area (Å²) < 4.78 is 0. The molecule has 0 aromatic heterocycles. The van der Waals surface area contributed by atoms with Gasteiger partial charge in [0.2, 0.25) is 0 Å². The summed E-state index contributed by atoms with van der Waals surface area (Å²) in [6.45, 7) is 1.08. The topological polar surface area (TPSA) is 37.3 Å². The zero-order valence-electron chi connectivity index (χ0n) is 2.76.